The first kappa shape index (κ1) is 19.0. The molecule has 0 atom stereocenters. The predicted octanol–water partition coefficient (Wildman–Crippen LogP) is 3.15. The van der Waals surface area contributed by atoms with E-state index in [2.05, 4.69) is 21.5 Å². The lowest BCUT2D eigenvalue weighted by Gasteiger charge is -2.31. The van der Waals surface area contributed by atoms with E-state index in [1.54, 1.807) is 7.11 Å². The number of piperidine rings is 1. The Labute approximate surface area is 166 Å². The molecular formula is C22H30N4O2. The summed E-state index contributed by atoms with van der Waals surface area (Å²) in [6, 6.07) is 8.40. The molecule has 1 aliphatic carbocycles. The maximum atomic E-state index is 11.9. The number of para-hydroxylation sites is 2. The van der Waals surface area contributed by atoms with E-state index in [9.17, 15) is 4.79 Å². The summed E-state index contributed by atoms with van der Waals surface area (Å²) in [5.74, 6) is 1.75. The second-order valence-corrected chi connectivity index (χ2v) is 8.06. The molecule has 1 saturated heterocycles. The van der Waals surface area contributed by atoms with E-state index < -0.39 is 0 Å². The molecule has 1 N–H and O–H groups in total. The average Bonchev–Trinajstić information content (AvgIpc) is 3.42. The van der Waals surface area contributed by atoms with Crippen LogP contribution in [0.25, 0.3) is 5.69 Å². The molecule has 1 amide bonds. The highest BCUT2D eigenvalue weighted by molar-refractivity contribution is 5.76. The van der Waals surface area contributed by atoms with Crippen molar-refractivity contribution in [3.8, 4) is 11.4 Å². The van der Waals surface area contributed by atoms with Crippen LogP contribution >= 0.6 is 0 Å². The van der Waals surface area contributed by atoms with Gasteiger partial charge in [-0.25, -0.2) is 4.68 Å². The summed E-state index contributed by atoms with van der Waals surface area (Å²) in [4.78, 5) is 14.4. The van der Waals surface area contributed by atoms with Crippen molar-refractivity contribution in [2.24, 2.45) is 5.92 Å². The van der Waals surface area contributed by atoms with Crippen LogP contribution in [0.2, 0.25) is 0 Å². The number of hydrogen-bond acceptors (Lipinski definition) is 4. The molecule has 0 radical (unpaired) electrons. The average molecular weight is 383 g/mol. The molecule has 2 aromatic rings. The molecule has 0 unspecified atom stereocenters. The fourth-order valence-corrected chi connectivity index (χ4v) is 3.95. The number of amides is 1. The monoisotopic (exact) mass is 382 g/mol. The SMILES string of the molecule is COc1ccccc1-n1cc(CN2CCC(CCC(=O)NC3CC3)CC2)cn1. The van der Waals surface area contributed by atoms with E-state index >= 15 is 0 Å². The molecule has 150 valence electrons. The summed E-state index contributed by atoms with van der Waals surface area (Å²) in [5, 5.41) is 7.61. The quantitative estimate of drug-likeness (QED) is 0.762. The van der Waals surface area contributed by atoms with Gasteiger partial charge in [-0.05, 0) is 63.2 Å². The van der Waals surface area contributed by atoms with Crippen LogP contribution in [0.3, 0.4) is 0 Å². The fourth-order valence-electron chi connectivity index (χ4n) is 3.95. The van der Waals surface area contributed by atoms with E-state index in [1.807, 2.05) is 35.1 Å². The fraction of sp³-hybridized carbons (Fsp3) is 0.545. The molecule has 2 heterocycles. The van der Waals surface area contributed by atoms with Crippen molar-refractivity contribution in [2.75, 3.05) is 20.2 Å². The van der Waals surface area contributed by atoms with Gasteiger partial charge in [0.05, 0.1) is 13.3 Å². The van der Waals surface area contributed by atoms with Gasteiger partial charge in [-0.1, -0.05) is 12.1 Å². The molecule has 1 saturated carbocycles. The molecule has 1 aromatic carbocycles. The van der Waals surface area contributed by atoms with Crippen molar-refractivity contribution in [3.63, 3.8) is 0 Å². The van der Waals surface area contributed by atoms with Gasteiger partial charge in [0.1, 0.15) is 11.4 Å². The Morgan fingerprint density at radius 1 is 1.21 bits per heavy atom. The van der Waals surface area contributed by atoms with Crippen LogP contribution < -0.4 is 10.1 Å². The number of carbonyl (C=O) groups is 1. The number of ether oxygens (including phenoxy) is 1. The van der Waals surface area contributed by atoms with Gasteiger partial charge in [0.2, 0.25) is 5.91 Å². The maximum absolute atomic E-state index is 11.9. The van der Waals surface area contributed by atoms with Gasteiger partial charge >= 0.3 is 0 Å². The molecule has 1 aliphatic heterocycles. The predicted molar refractivity (Wildman–Crippen MR) is 109 cm³/mol. The molecule has 28 heavy (non-hydrogen) atoms. The number of likely N-dealkylation sites (tertiary alicyclic amines) is 1. The van der Waals surface area contributed by atoms with Crippen LogP contribution in [0.1, 0.15) is 44.1 Å². The topological polar surface area (TPSA) is 59.4 Å². The zero-order chi connectivity index (χ0) is 19.3. The maximum Gasteiger partial charge on any atom is 0.220 e. The highest BCUT2D eigenvalue weighted by Crippen LogP contribution is 2.25. The molecule has 0 bridgehead atoms. The molecule has 0 spiro atoms. The second kappa shape index (κ2) is 8.78. The molecule has 6 nitrogen and oxygen atoms in total. The van der Waals surface area contributed by atoms with Crippen LogP contribution in [0.5, 0.6) is 5.75 Å². The first-order valence-electron chi connectivity index (χ1n) is 10.4. The lowest BCUT2D eigenvalue weighted by atomic mass is 9.92. The first-order chi connectivity index (χ1) is 13.7. The largest absolute Gasteiger partial charge is 0.494 e. The van der Waals surface area contributed by atoms with Gasteiger partial charge in [-0.3, -0.25) is 9.69 Å². The van der Waals surface area contributed by atoms with Gasteiger partial charge in [0, 0.05) is 30.8 Å². The third kappa shape index (κ3) is 4.93. The zero-order valence-corrected chi connectivity index (χ0v) is 16.6. The molecule has 4 rings (SSSR count). The number of nitrogens with zero attached hydrogens (tertiary/aromatic N) is 3. The number of rotatable bonds is 8. The van der Waals surface area contributed by atoms with Gasteiger partial charge < -0.3 is 10.1 Å². The normalized spacial score (nSPS) is 18.2. The Kier molecular flexibility index (Phi) is 5.95. The minimum Gasteiger partial charge on any atom is -0.494 e. The van der Waals surface area contributed by atoms with Crippen molar-refractivity contribution in [2.45, 2.75) is 51.1 Å². The minimum atomic E-state index is 0.244. The number of nitrogens with one attached hydrogen (secondary N) is 1. The summed E-state index contributed by atoms with van der Waals surface area (Å²) < 4.78 is 7.32. The Hall–Kier alpha value is -2.34. The Bertz CT molecular complexity index is 791. The van der Waals surface area contributed by atoms with Crippen LogP contribution in [-0.4, -0.2) is 46.8 Å². The van der Waals surface area contributed by atoms with Crippen LogP contribution in [0.4, 0.5) is 0 Å². The smallest absolute Gasteiger partial charge is 0.220 e. The molecule has 1 aromatic heterocycles. The van der Waals surface area contributed by atoms with Crippen LogP contribution in [0, 0.1) is 5.92 Å². The summed E-state index contributed by atoms with van der Waals surface area (Å²) >= 11 is 0. The van der Waals surface area contributed by atoms with Gasteiger partial charge in [-0.15, -0.1) is 0 Å². The van der Waals surface area contributed by atoms with E-state index in [-0.39, 0.29) is 5.91 Å². The van der Waals surface area contributed by atoms with Gasteiger partial charge in [-0.2, -0.15) is 5.10 Å². The first-order valence-corrected chi connectivity index (χ1v) is 10.4. The number of benzene rings is 1. The minimum absolute atomic E-state index is 0.244. The summed E-state index contributed by atoms with van der Waals surface area (Å²) in [6.45, 7) is 3.10. The molecule has 2 aliphatic rings. The third-order valence-corrected chi connectivity index (χ3v) is 5.80. The van der Waals surface area contributed by atoms with Crippen molar-refractivity contribution >= 4 is 5.91 Å². The number of hydrogen-bond donors (Lipinski definition) is 1. The van der Waals surface area contributed by atoms with Gasteiger partial charge in [0.25, 0.3) is 0 Å². The number of aromatic nitrogens is 2. The Balaban J connectivity index is 1.24. The Morgan fingerprint density at radius 2 is 2.00 bits per heavy atom. The van der Waals surface area contributed by atoms with Crippen molar-refractivity contribution in [1.29, 1.82) is 0 Å². The third-order valence-electron chi connectivity index (χ3n) is 5.80. The molecular weight excluding hydrogens is 352 g/mol. The highest BCUT2D eigenvalue weighted by Gasteiger charge is 2.24. The summed E-state index contributed by atoms with van der Waals surface area (Å²) in [6.07, 6.45) is 10.4. The highest BCUT2D eigenvalue weighted by atomic mass is 16.5. The van der Waals surface area contributed by atoms with Crippen LogP contribution in [0.15, 0.2) is 36.7 Å². The standard InChI is InChI=1S/C22H30N4O2/c1-28-21-5-3-2-4-20(21)26-16-18(14-23-26)15-25-12-10-17(11-13-25)6-9-22(27)24-19-7-8-19/h2-5,14,16-17,19H,6-13,15H2,1H3,(H,24,27). The second-order valence-electron chi connectivity index (χ2n) is 8.06. The van der Waals surface area contributed by atoms with Crippen molar-refractivity contribution in [3.05, 3.63) is 42.2 Å². The number of carbonyl (C=O) groups excluding carboxylic acids is 1. The van der Waals surface area contributed by atoms with Crippen LogP contribution in [-0.2, 0) is 11.3 Å². The van der Waals surface area contributed by atoms with E-state index in [0.717, 1.165) is 50.3 Å². The lowest BCUT2D eigenvalue weighted by molar-refractivity contribution is -0.121. The Morgan fingerprint density at radius 3 is 2.75 bits per heavy atom. The van der Waals surface area contributed by atoms with E-state index in [1.165, 1.54) is 18.4 Å². The molecule has 2 fully saturated rings. The van der Waals surface area contributed by atoms with Crippen molar-refractivity contribution < 1.29 is 9.53 Å². The lowest BCUT2D eigenvalue weighted by Crippen LogP contribution is -2.34. The summed E-state index contributed by atoms with van der Waals surface area (Å²) in [5.41, 5.74) is 2.17. The molecule has 6 heteroatoms. The van der Waals surface area contributed by atoms with Gasteiger partial charge in [0.15, 0.2) is 0 Å². The van der Waals surface area contributed by atoms with E-state index in [4.69, 9.17) is 4.74 Å². The zero-order valence-electron chi connectivity index (χ0n) is 16.6. The number of methoxy groups -OCH3 is 1. The summed E-state index contributed by atoms with van der Waals surface area (Å²) in [7, 11) is 1.68. The van der Waals surface area contributed by atoms with E-state index in [0.29, 0.717) is 18.4 Å². The van der Waals surface area contributed by atoms with Crippen molar-refractivity contribution in [1.82, 2.24) is 20.0 Å².